The van der Waals surface area contributed by atoms with E-state index in [9.17, 15) is 0 Å². The van der Waals surface area contributed by atoms with Gasteiger partial charge in [-0.15, -0.1) is 0 Å². The molecular weight excluding hydrogens is 282 g/mol. The average molecular weight is 292 g/mol. The van der Waals surface area contributed by atoms with Crippen LogP contribution in [0.15, 0.2) is 28.9 Å². The summed E-state index contributed by atoms with van der Waals surface area (Å²) in [6, 6.07) is 9.66. The third-order valence-electron chi connectivity index (χ3n) is 2.35. The number of imidazole rings is 1. The van der Waals surface area contributed by atoms with E-state index in [-0.39, 0.29) is 0 Å². The molecule has 86 valence electrons. The summed E-state index contributed by atoms with van der Waals surface area (Å²) >= 11 is 3.33. The monoisotopic (exact) mass is 291 g/mol. The molecule has 0 saturated carbocycles. The third-order valence-corrected chi connectivity index (χ3v) is 3.00. The number of methoxy groups -OCH3 is 1. The van der Waals surface area contributed by atoms with E-state index in [0.717, 1.165) is 22.8 Å². The minimum Gasteiger partial charge on any atom is -0.497 e. The van der Waals surface area contributed by atoms with E-state index in [1.54, 1.807) is 7.11 Å². The van der Waals surface area contributed by atoms with Gasteiger partial charge in [0.1, 0.15) is 16.2 Å². The van der Waals surface area contributed by atoms with Gasteiger partial charge in [-0.2, -0.15) is 5.26 Å². The number of hydrogen-bond donors (Lipinski definition) is 1. The molecule has 1 aromatic heterocycles. The predicted molar refractivity (Wildman–Crippen MR) is 67.6 cm³/mol. The van der Waals surface area contributed by atoms with Crippen LogP contribution in [-0.4, -0.2) is 17.1 Å². The molecule has 0 bridgehead atoms. The van der Waals surface area contributed by atoms with Crippen LogP contribution in [0.5, 0.6) is 5.75 Å². The molecule has 0 spiro atoms. The number of aromatic nitrogens is 2. The first-order chi connectivity index (χ1) is 8.24. The molecule has 2 aromatic rings. The Kier molecular flexibility index (Phi) is 3.45. The molecule has 0 aliphatic heterocycles. The van der Waals surface area contributed by atoms with Crippen LogP contribution in [0.4, 0.5) is 0 Å². The molecule has 0 aliphatic rings. The Hall–Kier alpha value is -1.80. The average Bonchev–Trinajstić information content (AvgIpc) is 2.72. The van der Waals surface area contributed by atoms with Crippen molar-refractivity contribution in [2.24, 2.45) is 0 Å². The molecule has 0 unspecified atom stereocenters. The highest BCUT2D eigenvalue weighted by Gasteiger charge is 2.08. The Bertz CT molecular complexity index is 554. The maximum absolute atomic E-state index is 8.66. The zero-order chi connectivity index (χ0) is 12.3. The van der Waals surface area contributed by atoms with E-state index in [1.165, 1.54) is 0 Å². The second-order valence-electron chi connectivity index (χ2n) is 3.42. The SMILES string of the molecule is COc1ccc(-c2nc(Br)c(CC#N)[nH]2)cc1. The lowest BCUT2D eigenvalue weighted by Gasteiger charge is -2.00. The second-order valence-corrected chi connectivity index (χ2v) is 4.17. The van der Waals surface area contributed by atoms with Gasteiger partial charge < -0.3 is 9.72 Å². The predicted octanol–water partition coefficient (Wildman–Crippen LogP) is 2.91. The van der Waals surface area contributed by atoms with Crippen molar-refractivity contribution in [3.8, 4) is 23.2 Å². The zero-order valence-corrected chi connectivity index (χ0v) is 10.8. The molecule has 17 heavy (non-hydrogen) atoms. The summed E-state index contributed by atoms with van der Waals surface area (Å²) in [6.07, 6.45) is 0.309. The first-order valence-corrected chi connectivity index (χ1v) is 5.79. The Labute approximate surface area is 107 Å². The Morgan fingerprint density at radius 2 is 2.12 bits per heavy atom. The van der Waals surface area contributed by atoms with Crippen molar-refractivity contribution in [1.29, 1.82) is 5.26 Å². The van der Waals surface area contributed by atoms with Gasteiger partial charge in [0.15, 0.2) is 0 Å². The summed E-state index contributed by atoms with van der Waals surface area (Å²) in [5.41, 5.74) is 1.74. The van der Waals surface area contributed by atoms with Gasteiger partial charge in [-0.05, 0) is 40.2 Å². The number of ether oxygens (including phenoxy) is 1. The molecule has 0 atom stereocenters. The van der Waals surface area contributed by atoms with Crippen molar-refractivity contribution in [1.82, 2.24) is 9.97 Å². The van der Waals surface area contributed by atoms with Crippen LogP contribution in [0.2, 0.25) is 0 Å². The van der Waals surface area contributed by atoms with Gasteiger partial charge in [0.05, 0.1) is 25.3 Å². The lowest BCUT2D eigenvalue weighted by molar-refractivity contribution is 0.415. The Balaban J connectivity index is 2.33. The van der Waals surface area contributed by atoms with Gasteiger partial charge in [0, 0.05) is 5.56 Å². The van der Waals surface area contributed by atoms with E-state index >= 15 is 0 Å². The summed E-state index contributed by atoms with van der Waals surface area (Å²) in [4.78, 5) is 7.44. The summed E-state index contributed by atoms with van der Waals surface area (Å²) in [5.74, 6) is 1.54. The molecule has 1 aromatic carbocycles. The number of nitrogens with one attached hydrogen (secondary N) is 1. The lowest BCUT2D eigenvalue weighted by Crippen LogP contribution is -1.85. The molecule has 5 heteroatoms. The van der Waals surface area contributed by atoms with Gasteiger partial charge in [0.25, 0.3) is 0 Å². The molecule has 0 radical (unpaired) electrons. The lowest BCUT2D eigenvalue weighted by atomic mass is 10.2. The number of nitriles is 1. The Morgan fingerprint density at radius 3 is 2.71 bits per heavy atom. The van der Waals surface area contributed by atoms with Gasteiger partial charge >= 0.3 is 0 Å². The zero-order valence-electron chi connectivity index (χ0n) is 9.20. The summed E-state index contributed by atoms with van der Waals surface area (Å²) in [7, 11) is 1.63. The topological polar surface area (TPSA) is 61.7 Å². The first kappa shape index (κ1) is 11.7. The number of rotatable bonds is 3. The van der Waals surface area contributed by atoms with Crippen molar-refractivity contribution in [3.05, 3.63) is 34.6 Å². The van der Waals surface area contributed by atoms with Crippen molar-refractivity contribution < 1.29 is 4.74 Å². The van der Waals surface area contributed by atoms with Crippen LogP contribution < -0.4 is 4.74 Å². The molecule has 0 saturated heterocycles. The minimum atomic E-state index is 0.309. The fourth-order valence-electron chi connectivity index (χ4n) is 1.47. The molecule has 1 N–H and O–H groups in total. The van der Waals surface area contributed by atoms with E-state index < -0.39 is 0 Å². The van der Waals surface area contributed by atoms with Crippen LogP contribution in [0.25, 0.3) is 11.4 Å². The quantitative estimate of drug-likeness (QED) is 0.946. The van der Waals surface area contributed by atoms with Crippen molar-refractivity contribution >= 4 is 15.9 Å². The van der Waals surface area contributed by atoms with Crippen molar-refractivity contribution in [2.75, 3.05) is 7.11 Å². The minimum absolute atomic E-state index is 0.309. The van der Waals surface area contributed by atoms with Gasteiger partial charge in [0.2, 0.25) is 0 Å². The number of H-pyrrole nitrogens is 1. The van der Waals surface area contributed by atoms with Crippen LogP contribution in [-0.2, 0) is 6.42 Å². The summed E-state index contributed by atoms with van der Waals surface area (Å²) < 4.78 is 5.77. The molecule has 1 heterocycles. The molecular formula is C12H10BrN3O. The molecule has 2 rings (SSSR count). The van der Waals surface area contributed by atoms with Gasteiger partial charge in [-0.1, -0.05) is 0 Å². The van der Waals surface area contributed by atoms with E-state index in [2.05, 4.69) is 32.0 Å². The second kappa shape index (κ2) is 5.02. The largest absolute Gasteiger partial charge is 0.497 e. The number of benzene rings is 1. The first-order valence-electron chi connectivity index (χ1n) is 5.00. The van der Waals surface area contributed by atoms with Gasteiger partial charge in [-0.25, -0.2) is 4.98 Å². The number of aromatic amines is 1. The molecule has 4 nitrogen and oxygen atoms in total. The van der Waals surface area contributed by atoms with E-state index in [4.69, 9.17) is 10.00 Å². The van der Waals surface area contributed by atoms with Crippen molar-refractivity contribution in [2.45, 2.75) is 6.42 Å². The van der Waals surface area contributed by atoms with Crippen molar-refractivity contribution in [3.63, 3.8) is 0 Å². The maximum atomic E-state index is 8.66. The normalized spacial score (nSPS) is 9.94. The molecule has 0 fully saturated rings. The van der Waals surface area contributed by atoms with Crippen LogP contribution in [0.3, 0.4) is 0 Å². The maximum Gasteiger partial charge on any atom is 0.138 e. The van der Waals surface area contributed by atoms with Crippen LogP contribution in [0.1, 0.15) is 5.69 Å². The standard InChI is InChI=1S/C12H10BrN3O/c1-17-9-4-2-8(3-5-9)12-15-10(6-7-14)11(13)16-12/h2-5H,6H2,1H3,(H,15,16). The fourth-order valence-corrected chi connectivity index (χ4v) is 1.89. The fraction of sp³-hybridized carbons (Fsp3) is 0.167. The van der Waals surface area contributed by atoms with Gasteiger partial charge in [-0.3, -0.25) is 0 Å². The Morgan fingerprint density at radius 1 is 1.41 bits per heavy atom. The summed E-state index contributed by atoms with van der Waals surface area (Å²) in [5, 5.41) is 8.66. The smallest absolute Gasteiger partial charge is 0.138 e. The van der Waals surface area contributed by atoms with E-state index in [1.807, 2.05) is 24.3 Å². The molecule has 0 aliphatic carbocycles. The highest BCUT2D eigenvalue weighted by molar-refractivity contribution is 9.10. The number of hydrogen-bond acceptors (Lipinski definition) is 3. The van der Waals surface area contributed by atoms with E-state index in [0.29, 0.717) is 11.0 Å². The highest BCUT2D eigenvalue weighted by atomic mass is 79.9. The number of halogens is 1. The highest BCUT2D eigenvalue weighted by Crippen LogP contribution is 2.23. The molecule has 0 amide bonds. The van der Waals surface area contributed by atoms with Crippen LogP contribution >= 0.6 is 15.9 Å². The third kappa shape index (κ3) is 2.48. The number of nitrogens with zero attached hydrogens (tertiary/aromatic N) is 2. The summed E-state index contributed by atoms with van der Waals surface area (Å²) in [6.45, 7) is 0. The van der Waals surface area contributed by atoms with Crippen LogP contribution in [0, 0.1) is 11.3 Å².